The smallest absolute Gasteiger partial charge is 0.258 e. The van der Waals surface area contributed by atoms with Gasteiger partial charge in [-0.3, -0.25) is 4.79 Å². The van der Waals surface area contributed by atoms with Crippen LogP contribution in [0.2, 0.25) is 0 Å². The summed E-state index contributed by atoms with van der Waals surface area (Å²) in [6.45, 7) is 1.44. The summed E-state index contributed by atoms with van der Waals surface area (Å²) in [6.07, 6.45) is 0. The Hall–Kier alpha value is -2.55. The molecule has 0 fully saturated rings. The molecule has 0 bridgehead atoms. The number of hydrogen-bond acceptors (Lipinski definition) is 5. The average Bonchev–Trinajstić information content (AvgIpc) is 2.42. The van der Waals surface area contributed by atoms with E-state index in [0.717, 1.165) is 0 Å². The van der Waals surface area contributed by atoms with Crippen molar-refractivity contribution in [3.05, 3.63) is 29.8 Å². The lowest BCUT2D eigenvalue weighted by Gasteiger charge is -2.07. The molecular weight excluding hydrogens is 234 g/mol. The number of hydrogen-bond donors (Lipinski definition) is 2. The predicted molar refractivity (Wildman–Crippen MR) is 64.6 cm³/mol. The van der Waals surface area contributed by atoms with Gasteiger partial charge < -0.3 is 15.3 Å². The van der Waals surface area contributed by atoms with E-state index in [4.69, 9.17) is 15.2 Å². The topological polar surface area (TPSA) is 94.7 Å². The Bertz CT molecular complexity index is 492. The first-order valence-corrected chi connectivity index (χ1v) is 5.23. The van der Waals surface area contributed by atoms with Crippen LogP contribution in [0.4, 0.5) is 0 Å². The van der Waals surface area contributed by atoms with E-state index in [2.05, 4.69) is 10.5 Å². The Balaban J connectivity index is 2.58. The normalized spacial score (nSPS) is 10.6. The van der Waals surface area contributed by atoms with Gasteiger partial charge >= 0.3 is 0 Å². The molecule has 1 aromatic carbocycles. The monoisotopic (exact) mass is 247 g/mol. The number of benzene rings is 1. The van der Waals surface area contributed by atoms with Crippen LogP contribution in [-0.2, 0) is 4.79 Å². The van der Waals surface area contributed by atoms with Crippen molar-refractivity contribution in [2.24, 2.45) is 5.16 Å². The van der Waals surface area contributed by atoms with E-state index in [0.29, 0.717) is 17.0 Å². The largest absolute Gasteiger partial charge is 0.484 e. The molecule has 0 saturated heterocycles. The standard InChI is InChI=1S/C12H13N3O3/c1-9(15-17)10-3-2-4-11(7-10)18-8-12(16)14-6-5-13/h2-4,7,17H,6,8H2,1H3,(H,14,16)/b15-9+. The second kappa shape index (κ2) is 6.91. The van der Waals surface area contributed by atoms with Gasteiger partial charge in [0.2, 0.25) is 0 Å². The second-order valence-electron chi connectivity index (χ2n) is 3.44. The first-order valence-electron chi connectivity index (χ1n) is 5.23. The maximum atomic E-state index is 11.2. The van der Waals surface area contributed by atoms with E-state index >= 15 is 0 Å². The van der Waals surface area contributed by atoms with Crippen LogP contribution in [0.3, 0.4) is 0 Å². The lowest BCUT2D eigenvalue weighted by atomic mass is 10.1. The van der Waals surface area contributed by atoms with Gasteiger partial charge in [0, 0.05) is 5.56 Å². The van der Waals surface area contributed by atoms with Gasteiger partial charge in [-0.05, 0) is 19.1 Å². The van der Waals surface area contributed by atoms with Gasteiger partial charge in [0.15, 0.2) is 6.61 Å². The summed E-state index contributed by atoms with van der Waals surface area (Å²) in [5.41, 5.74) is 1.15. The molecular formula is C12H13N3O3. The van der Waals surface area contributed by atoms with Crippen molar-refractivity contribution in [2.75, 3.05) is 13.2 Å². The zero-order chi connectivity index (χ0) is 13.4. The van der Waals surface area contributed by atoms with Gasteiger partial charge in [-0.2, -0.15) is 5.26 Å². The molecule has 0 unspecified atom stereocenters. The number of nitrogens with one attached hydrogen (secondary N) is 1. The maximum absolute atomic E-state index is 11.2. The molecule has 0 radical (unpaired) electrons. The average molecular weight is 247 g/mol. The number of nitriles is 1. The van der Waals surface area contributed by atoms with Crippen molar-refractivity contribution in [1.82, 2.24) is 5.32 Å². The molecule has 0 aliphatic carbocycles. The van der Waals surface area contributed by atoms with Crippen molar-refractivity contribution in [3.8, 4) is 11.8 Å². The van der Waals surface area contributed by atoms with Crippen LogP contribution < -0.4 is 10.1 Å². The molecule has 0 heterocycles. The molecule has 1 amide bonds. The summed E-state index contributed by atoms with van der Waals surface area (Å²) in [7, 11) is 0. The number of oxime groups is 1. The van der Waals surface area contributed by atoms with Crippen LogP contribution in [0.25, 0.3) is 0 Å². The molecule has 2 N–H and O–H groups in total. The highest BCUT2D eigenvalue weighted by atomic mass is 16.5. The van der Waals surface area contributed by atoms with Crippen molar-refractivity contribution in [3.63, 3.8) is 0 Å². The van der Waals surface area contributed by atoms with E-state index in [1.54, 1.807) is 37.3 Å². The van der Waals surface area contributed by atoms with E-state index in [9.17, 15) is 4.79 Å². The molecule has 6 nitrogen and oxygen atoms in total. The molecule has 0 saturated carbocycles. The summed E-state index contributed by atoms with van der Waals surface area (Å²) in [4.78, 5) is 11.2. The minimum Gasteiger partial charge on any atom is -0.484 e. The fraction of sp³-hybridized carbons (Fsp3) is 0.250. The zero-order valence-corrected chi connectivity index (χ0v) is 9.88. The molecule has 0 aromatic heterocycles. The van der Waals surface area contributed by atoms with Crippen LogP contribution >= 0.6 is 0 Å². The number of rotatable bonds is 5. The third-order valence-electron chi connectivity index (χ3n) is 2.14. The molecule has 18 heavy (non-hydrogen) atoms. The van der Waals surface area contributed by atoms with E-state index in [1.807, 2.05) is 0 Å². The number of carbonyl (C=O) groups excluding carboxylic acids is 1. The van der Waals surface area contributed by atoms with Crippen LogP contribution in [-0.4, -0.2) is 30.0 Å². The van der Waals surface area contributed by atoms with E-state index < -0.39 is 0 Å². The fourth-order valence-electron chi connectivity index (χ4n) is 1.21. The number of ether oxygens (including phenoxy) is 1. The Labute approximate surface area is 104 Å². The van der Waals surface area contributed by atoms with Crippen LogP contribution in [0.5, 0.6) is 5.75 Å². The lowest BCUT2D eigenvalue weighted by molar-refractivity contribution is -0.122. The third-order valence-corrected chi connectivity index (χ3v) is 2.14. The van der Waals surface area contributed by atoms with Gasteiger partial charge in [0.25, 0.3) is 5.91 Å². The highest BCUT2D eigenvalue weighted by molar-refractivity contribution is 5.98. The zero-order valence-electron chi connectivity index (χ0n) is 9.88. The summed E-state index contributed by atoms with van der Waals surface area (Å²) in [5.74, 6) is 0.122. The summed E-state index contributed by atoms with van der Waals surface area (Å²) < 4.78 is 5.24. The van der Waals surface area contributed by atoms with Crippen LogP contribution in [0, 0.1) is 11.3 Å². The van der Waals surface area contributed by atoms with E-state index in [1.165, 1.54) is 0 Å². The van der Waals surface area contributed by atoms with Crippen LogP contribution in [0.15, 0.2) is 29.4 Å². The summed E-state index contributed by atoms with van der Waals surface area (Å²) >= 11 is 0. The Morgan fingerprint density at radius 2 is 2.39 bits per heavy atom. The summed E-state index contributed by atoms with van der Waals surface area (Å²) in [5, 5.41) is 22.4. The summed E-state index contributed by atoms with van der Waals surface area (Å²) in [6, 6.07) is 8.63. The number of nitrogens with zero attached hydrogens (tertiary/aromatic N) is 2. The first-order chi connectivity index (χ1) is 8.67. The fourth-order valence-corrected chi connectivity index (χ4v) is 1.21. The number of amides is 1. The van der Waals surface area contributed by atoms with Crippen molar-refractivity contribution >= 4 is 11.6 Å². The molecule has 0 aliphatic rings. The number of carbonyl (C=O) groups is 1. The second-order valence-corrected chi connectivity index (χ2v) is 3.44. The van der Waals surface area contributed by atoms with Gasteiger partial charge in [-0.25, -0.2) is 0 Å². The molecule has 1 rings (SSSR count). The Morgan fingerprint density at radius 1 is 1.61 bits per heavy atom. The van der Waals surface area contributed by atoms with Gasteiger partial charge in [-0.1, -0.05) is 17.3 Å². The highest BCUT2D eigenvalue weighted by Crippen LogP contribution is 2.13. The van der Waals surface area contributed by atoms with Crippen LogP contribution in [0.1, 0.15) is 12.5 Å². The minimum absolute atomic E-state index is 0.0431. The third kappa shape index (κ3) is 4.14. The molecule has 0 atom stereocenters. The molecule has 0 spiro atoms. The predicted octanol–water partition coefficient (Wildman–Crippen LogP) is 0.903. The van der Waals surface area contributed by atoms with Gasteiger partial charge in [0.1, 0.15) is 12.3 Å². The Morgan fingerprint density at radius 3 is 3.06 bits per heavy atom. The molecule has 94 valence electrons. The van der Waals surface area contributed by atoms with E-state index in [-0.39, 0.29) is 19.1 Å². The van der Waals surface area contributed by atoms with Crippen molar-refractivity contribution in [2.45, 2.75) is 6.92 Å². The van der Waals surface area contributed by atoms with Crippen molar-refractivity contribution < 1.29 is 14.7 Å². The minimum atomic E-state index is -0.366. The lowest BCUT2D eigenvalue weighted by Crippen LogP contribution is -2.29. The maximum Gasteiger partial charge on any atom is 0.258 e. The SMILES string of the molecule is C/C(=N\O)c1cccc(OCC(=O)NCC#N)c1. The van der Waals surface area contributed by atoms with Crippen molar-refractivity contribution in [1.29, 1.82) is 5.26 Å². The van der Waals surface area contributed by atoms with Gasteiger partial charge in [0.05, 0.1) is 11.8 Å². The molecule has 1 aromatic rings. The Kier molecular flexibility index (Phi) is 5.19. The first kappa shape index (κ1) is 13.5. The molecule has 0 aliphatic heterocycles. The quantitative estimate of drug-likeness (QED) is 0.350. The van der Waals surface area contributed by atoms with Gasteiger partial charge in [-0.15, -0.1) is 0 Å². The molecule has 6 heteroatoms. The highest BCUT2D eigenvalue weighted by Gasteiger charge is 2.04.